The molecule has 1 aromatic heterocycles. The Morgan fingerprint density at radius 2 is 2.41 bits per heavy atom. The predicted octanol–water partition coefficient (Wildman–Crippen LogP) is 3.00. The summed E-state index contributed by atoms with van der Waals surface area (Å²) in [5.74, 6) is 0.322. The third kappa shape index (κ3) is 3.77. The minimum atomic E-state index is 0.144. The fraction of sp³-hybridized carbons (Fsp3) is 0.500. The van der Waals surface area contributed by atoms with E-state index in [9.17, 15) is 4.79 Å². The van der Waals surface area contributed by atoms with Gasteiger partial charge in [-0.05, 0) is 44.5 Å². The van der Waals surface area contributed by atoms with Crippen molar-refractivity contribution in [3.63, 3.8) is 0 Å². The number of aromatic nitrogens is 1. The van der Waals surface area contributed by atoms with Crippen LogP contribution in [0.4, 0.5) is 0 Å². The number of halogens is 1. The van der Waals surface area contributed by atoms with Crippen molar-refractivity contribution in [2.45, 2.75) is 32.2 Å². The van der Waals surface area contributed by atoms with E-state index in [0.29, 0.717) is 17.6 Å². The molecule has 3 rings (SSSR count). The lowest BCUT2D eigenvalue weighted by molar-refractivity contribution is -0.126. The number of nitrogens with one attached hydrogen (secondary N) is 2. The number of carbonyl (C=O) groups excluding carboxylic acids is 1. The average Bonchev–Trinajstić information content (AvgIpc) is 2.89. The molecule has 6 heteroatoms. The van der Waals surface area contributed by atoms with Crippen LogP contribution < -0.4 is 10.6 Å². The van der Waals surface area contributed by atoms with Crippen LogP contribution in [0.5, 0.6) is 0 Å². The topological polar surface area (TPSA) is 54.0 Å². The van der Waals surface area contributed by atoms with Gasteiger partial charge in [-0.15, -0.1) is 11.3 Å². The van der Waals surface area contributed by atoms with Crippen LogP contribution in [0, 0.1) is 5.92 Å². The molecule has 0 spiro atoms. The maximum atomic E-state index is 12.2. The Kier molecular flexibility index (Phi) is 4.96. The Labute approximate surface area is 139 Å². The molecular formula is C16H20ClN3OS. The number of nitrogens with zero attached hydrogens (tertiary/aromatic N) is 1. The van der Waals surface area contributed by atoms with Crippen molar-refractivity contribution in [1.82, 2.24) is 15.6 Å². The van der Waals surface area contributed by atoms with Crippen LogP contribution in [-0.4, -0.2) is 30.0 Å². The standard InChI is InChI=1S/C16H20ClN3OS/c1-10-8-11(4-6-18-10)16(21)19-7-5-15-20-13-9-12(17)2-3-14(13)22-15/h2-3,9-11,18H,4-8H2,1H3,(H,19,21)/t10-,11-/m0/s1. The van der Waals surface area contributed by atoms with Gasteiger partial charge in [-0.1, -0.05) is 11.6 Å². The first kappa shape index (κ1) is 15.7. The van der Waals surface area contributed by atoms with Gasteiger partial charge in [0.25, 0.3) is 0 Å². The molecule has 1 aliphatic rings. The van der Waals surface area contributed by atoms with Crippen LogP contribution in [0.2, 0.25) is 5.02 Å². The maximum absolute atomic E-state index is 12.2. The summed E-state index contributed by atoms with van der Waals surface area (Å²) < 4.78 is 1.14. The molecule has 0 aliphatic carbocycles. The molecule has 2 N–H and O–H groups in total. The maximum Gasteiger partial charge on any atom is 0.223 e. The van der Waals surface area contributed by atoms with E-state index in [-0.39, 0.29) is 11.8 Å². The SMILES string of the molecule is C[C@H]1C[C@@H](C(=O)NCCc2nc3cc(Cl)ccc3s2)CCN1. The zero-order chi connectivity index (χ0) is 15.5. The van der Waals surface area contributed by atoms with Crippen LogP contribution in [0.1, 0.15) is 24.8 Å². The molecule has 118 valence electrons. The third-order valence-corrected chi connectivity index (χ3v) is 5.36. The van der Waals surface area contributed by atoms with Gasteiger partial charge in [0.2, 0.25) is 5.91 Å². The zero-order valence-corrected chi connectivity index (χ0v) is 14.1. The van der Waals surface area contributed by atoms with Gasteiger partial charge >= 0.3 is 0 Å². The number of rotatable bonds is 4. The van der Waals surface area contributed by atoms with Gasteiger partial charge in [0.05, 0.1) is 15.2 Å². The number of amides is 1. The summed E-state index contributed by atoms with van der Waals surface area (Å²) in [5.41, 5.74) is 0.936. The first-order chi connectivity index (χ1) is 10.6. The predicted molar refractivity (Wildman–Crippen MR) is 91.5 cm³/mol. The molecule has 1 aliphatic heterocycles. The Morgan fingerprint density at radius 3 is 3.23 bits per heavy atom. The molecule has 4 nitrogen and oxygen atoms in total. The first-order valence-electron chi connectivity index (χ1n) is 7.68. The van der Waals surface area contributed by atoms with Gasteiger partial charge in [-0.3, -0.25) is 4.79 Å². The average molecular weight is 338 g/mol. The molecule has 2 heterocycles. The molecule has 0 bridgehead atoms. The van der Waals surface area contributed by atoms with Crippen molar-refractivity contribution in [2.24, 2.45) is 5.92 Å². The van der Waals surface area contributed by atoms with Crippen molar-refractivity contribution in [3.05, 3.63) is 28.2 Å². The van der Waals surface area contributed by atoms with E-state index in [0.717, 1.165) is 41.0 Å². The smallest absolute Gasteiger partial charge is 0.223 e. The van der Waals surface area contributed by atoms with Crippen LogP contribution in [0.3, 0.4) is 0 Å². The highest BCUT2D eigenvalue weighted by molar-refractivity contribution is 7.18. The van der Waals surface area contributed by atoms with Crippen LogP contribution in [-0.2, 0) is 11.2 Å². The Hall–Kier alpha value is -1.17. The quantitative estimate of drug-likeness (QED) is 0.901. The highest BCUT2D eigenvalue weighted by Gasteiger charge is 2.24. The van der Waals surface area contributed by atoms with Crippen LogP contribution >= 0.6 is 22.9 Å². The van der Waals surface area contributed by atoms with E-state index in [1.165, 1.54) is 0 Å². The van der Waals surface area contributed by atoms with Crippen molar-refractivity contribution in [3.8, 4) is 0 Å². The minimum Gasteiger partial charge on any atom is -0.355 e. The van der Waals surface area contributed by atoms with Gasteiger partial charge in [0.1, 0.15) is 0 Å². The molecule has 22 heavy (non-hydrogen) atoms. The van der Waals surface area contributed by atoms with Gasteiger partial charge in [0.15, 0.2) is 0 Å². The molecule has 1 amide bonds. The lowest BCUT2D eigenvalue weighted by Crippen LogP contribution is -2.42. The second-order valence-electron chi connectivity index (χ2n) is 5.84. The lowest BCUT2D eigenvalue weighted by Gasteiger charge is -2.27. The van der Waals surface area contributed by atoms with Gasteiger partial charge < -0.3 is 10.6 Å². The summed E-state index contributed by atoms with van der Waals surface area (Å²) >= 11 is 7.64. The molecular weight excluding hydrogens is 318 g/mol. The fourth-order valence-electron chi connectivity index (χ4n) is 2.86. The Morgan fingerprint density at radius 1 is 1.55 bits per heavy atom. The molecule has 1 saturated heterocycles. The normalized spacial score (nSPS) is 21.9. The van der Waals surface area contributed by atoms with Crippen molar-refractivity contribution in [2.75, 3.05) is 13.1 Å². The summed E-state index contributed by atoms with van der Waals surface area (Å²) in [6.45, 7) is 3.70. The molecule has 2 atom stereocenters. The van der Waals surface area contributed by atoms with Crippen LogP contribution in [0.15, 0.2) is 18.2 Å². The van der Waals surface area contributed by atoms with Gasteiger partial charge in [-0.25, -0.2) is 4.98 Å². The molecule has 1 fully saturated rings. The number of hydrogen-bond donors (Lipinski definition) is 2. The molecule has 0 radical (unpaired) electrons. The monoisotopic (exact) mass is 337 g/mol. The fourth-order valence-corrected chi connectivity index (χ4v) is 3.98. The molecule has 0 saturated carbocycles. The molecule has 0 unspecified atom stereocenters. The highest BCUT2D eigenvalue weighted by Crippen LogP contribution is 2.25. The first-order valence-corrected chi connectivity index (χ1v) is 8.87. The molecule has 1 aromatic carbocycles. The zero-order valence-electron chi connectivity index (χ0n) is 12.6. The summed E-state index contributed by atoms with van der Waals surface area (Å²) in [5, 5.41) is 8.16. The third-order valence-electron chi connectivity index (χ3n) is 4.03. The van der Waals surface area contributed by atoms with E-state index in [4.69, 9.17) is 11.6 Å². The van der Waals surface area contributed by atoms with E-state index in [1.807, 2.05) is 18.2 Å². The number of thiazole rings is 1. The Balaban J connectivity index is 1.52. The summed E-state index contributed by atoms with van der Waals surface area (Å²) in [4.78, 5) is 16.7. The Bertz CT molecular complexity index is 672. The summed E-state index contributed by atoms with van der Waals surface area (Å²) in [7, 11) is 0. The highest BCUT2D eigenvalue weighted by atomic mass is 35.5. The van der Waals surface area contributed by atoms with E-state index >= 15 is 0 Å². The number of fused-ring (bicyclic) bond motifs is 1. The largest absolute Gasteiger partial charge is 0.355 e. The minimum absolute atomic E-state index is 0.144. The summed E-state index contributed by atoms with van der Waals surface area (Å²) in [6, 6.07) is 6.18. The second-order valence-corrected chi connectivity index (χ2v) is 7.39. The second kappa shape index (κ2) is 6.94. The van der Waals surface area contributed by atoms with Crippen LogP contribution in [0.25, 0.3) is 10.2 Å². The van der Waals surface area contributed by atoms with Crippen molar-refractivity contribution >= 4 is 39.1 Å². The van der Waals surface area contributed by atoms with E-state index in [1.54, 1.807) is 11.3 Å². The van der Waals surface area contributed by atoms with E-state index < -0.39 is 0 Å². The van der Waals surface area contributed by atoms with Crippen molar-refractivity contribution in [1.29, 1.82) is 0 Å². The lowest BCUT2D eigenvalue weighted by atomic mass is 9.92. The number of carbonyl (C=O) groups is 1. The summed E-state index contributed by atoms with van der Waals surface area (Å²) in [6.07, 6.45) is 2.62. The van der Waals surface area contributed by atoms with Gasteiger partial charge in [-0.2, -0.15) is 0 Å². The van der Waals surface area contributed by atoms with Crippen molar-refractivity contribution < 1.29 is 4.79 Å². The van der Waals surface area contributed by atoms with E-state index in [2.05, 4.69) is 22.5 Å². The number of piperidine rings is 1. The number of hydrogen-bond acceptors (Lipinski definition) is 4. The molecule has 2 aromatic rings. The van der Waals surface area contributed by atoms with Gasteiger partial charge in [0, 0.05) is 29.9 Å². The number of benzene rings is 1.